The van der Waals surface area contributed by atoms with E-state index < -0.39 is 16.0 Å². The summed E-state index contributed by atoms with van der Waals surface area (Å²) in [7, 11) is -3.75. The van der Waals surface area contributed by atoms with Crippen LogP contribution in [0.3, 0.4) is 0 Å². The lowest BCUT2D eigenvalue weighted by molar-refractivity contribution is -0.143. The van der Waals surface area contributed by atoms with E-state index in [0.717, 1.165) is 4.31 Å². The Morgan fingerprint density at radius 1 is 1.42 bits per heavy atom. The molecule has 7 nitrogen and oxygen atoms in total. The van der Waals surface area contributed by atoms with E-state index >= 15 is 0 Å². The second kappa shape index (κ2) is 6.67. The molecule has 0 bridgehead atoms. The minimum absolute atomic E-state index is 0.0551. The maximum atomic E-state index is 12.3. The standard InChI is InChI=1S/C11H19N3O4S/c1-4-13-7-10(12-9-13)19(16,17)14(5-2)8-11(15)18-6-3/h7,9H,4-6,8H2,1-3H3. The van der Waals surface area contributed by atoms with Gasteiger partial charge in [-0.2, -0.15) is 4.31 Å². The van der Waals surface area contributed by atoms with Crippen molar-refractivity contribution >= 4 is 16.0 Å². The number of nitrogens with zero attached hydrogens (tertiary/aromatic N) is 3. The number of aromatic nitrogens is 2. The predicted molar refractivity (Wildman–Crippen MR) is 69.0 cm³/mol. The van der Waals surface area contributed by atoms with E-state index in [0.29, 0.717) is 6.54 Å². The van der Waals surface area contributed by atoms with Gasteiger partial charge < -0.3 is 9.30 Å². The highest BCUT2D eigenvalue weighted by Crippen LogP contribution is 2.13. The van der Waals surface area contributed by atoms with Crippen LogP contribution in [0.1, 0.15) is 20.8 Å². The molecule has 0 saturated carbocycles. The van der Waals surface area contributed by atoms with Gasteiger partial charge in [0.2, 0.25) is 0 Å². The van der Waals surface area contributed by atoms with Crippen molar-refractivity contribution in [3.63, 3.8) is 0 Å². The second-order valence-electron chi connectivity index (χ2n) is 3.78. The summed E-state index contributed by atoms with van der Waals surface area (Å²) in [5.41, 5.74) is 0. The number of sulfonamides is 1. The summed E-state index contributed by atoms with van der Waals surface area (Å²) in [5, 5.41) is -0.0551. The van der Waals surface area contributed by atoms with Crippen LogP contribution >= 0.6 is 0 Å². The fraction of sp³-hybridized carbons (Fsp3) is 0.636. The Bertz CT molecular complexity index is 524. The van der Waals surface area contributed by atoms with Gasteiger partial charge in [0.1, 0.15) is 6.54 Å². The van der Waals surface area contributed by atoms with Crippen molar-refractivity contribution in [2.45, 2.75) is 32.3 Å². The zero-order valence-corrected chi connectivity index (χ0v) is 12.2. The Balaban J connectivity index is 2.92. The summed E-state index contributed by atoms with van der Waals surface area (Å²) in [6.07, 6.45) is 2.90. The third kappa shape index (κ3) is 3.77. The van der Waals surface area contributed by atoms with Crippen LogP contribution in [0.25, 0.3) is 0 Å². The number of hydrogen-bond donors (Lipinski definition) is 0. The van der Waals surface area contributed by atoms with Gasteiger partial charge in [0.25, 0.3) is 10.0 Å². The molecule has 0 aliphatic heterocycles. The lowest BCUT2D eigenvalue weighted by Gasteiger charge is -2.17. The molecule has 0 spiro atoms. The third-order valence-electron chi connectivity index (χ3n) is 2.54. The van der Waals surface area contributed by atoms with Crippen molar-refractivity contribution in [1.82, 2.24) is 13.9 Å². The molecule has 0 saturated heterocycles. The van der Waals surface area contributed by atoms with Crippen LogP contribution in [0.4, 0.5) is 0 Å². The van der Waals surface area contributed by atoms with Gasteiger partial charge >= 0.3 is 5.97 Å². The van der Waals surface area contributed by atoms with Crippen LogP contribution in [0.15, 0.2) is 17.6 Å². The highest BCUT2D eigenvalue weighted by atomic mass is 32.2. The number of hydrogen-bond acceptors (Lipinski definition) is 5. The number of esters is 1. The van der Waals surface area contributed by atoms with E-state index in [1.165, 1.54) is 12.5 Å². The molecule has 19 heavy (non-hydrogen) atoms. The molecular weight excluding hydrogens is 270 g/mol. The topological polar surface area (TPSA) is 81.5 Å². The summed E-state index contributed by atoms with van der Waals surface area (Å²) < 4.78 is 32.0. The molecule has 0 atom stereocenters. The first kappa shape index (κ1) is 15.6. The number of imidazole rings is 1. The molecule has 0 fully saturated rings. The maximum absolute atomic E-state index is 12.3. The van der Waals surface area contributed by atoms with E-state index in [4.69, 9.17) is 4.74 Å². The molecule has 0 unspecified atom stereocenters. The van der Waals surface area contributed by atoms with Crippen LogP contribution < -0.4 is 0 Å². The van der Waals surface area contributed by atoms with Crippen LogP contribution in [-0.4, -0.2) is 47.9 Å². The first-order valence-corrected chi connectivity index (χ1v) is 7.57. The van der Waals surface area contributed by atoms with E-state index in [1.54, 1.807) is 18.4 Å². The number of likely N-dealkylation sites (N-methyl/N-ethyl adjacent to an activating group) is 1. The molecule has 0 aliphatic carbocycles. The molecule has 108 valence electrons. The Morgan fingerprint density at radius 3 is 2.58 bits per heavy atom. The fourth-order valence-electron chi connectivity index (χ4n) is 1.50. The van der Waals surface area contributed by atoms with E-state index in [2.05, 4.69) is 4.98 Å². The third-order valence-corrected chi connectivity index (χ3v) is 4.35. The van der Waals surface area contributed by atoms with E-state index in [9.17, 15) is 13.2 Å². The maximum Gasteiger partial charge on any atom is 0.321 e. The average Bonchev–Trinajstić information content (AvgIpc) is 2.85. The molecule has 1 heterocycles. The largest absolute Gasteiger partial charge is 0.465 e. The lowest BCUT2D eigenvalue weighted by Crippen LogP contribution is -2.36. The molecule has 0 N–H and O–H groups in total. The smallest absolute Gasteiger partial charge is 0.321 e. The Hall–Kier alpha value is -1.41. The minimum atomic E-state index is -3.75. The molecule has 0 radical (unpaired) electrons. The molecule has 0 aliphatic rings. The summed E-state index contributed by atoms with van der Waals surface area (Å²) in [4.78, 5) is 15.3. The quantitative estimate of drug-likeness (QED) is 0.682. The first-order chi connectivity index (χ1) is 8.95. The van der Waals surface area contributed by atoms with Crippen LogP contribution in [0.5, 0.6) is 0 Å². The summed E-state index contributed by atoms with van der Waals surface area (Å²) in [5.74, 6) is -0.567. The number of carbonyl (C=O) groups is 1. The van der Waals surface area contributed by atoms with Crippen molar-refractivity contribution in [1.29, 1.82) is 0 Å². The fourth-order valence-corrected chi connectivity index (χ4v) is 2.82. The van der Waals surface area contributed by atoms with E-state index in [1.807, 2.05) is 6.92 Å². The molecule has 8 heteroatoms. The first-order valence-electron chi connectivity index (χ1n) is 6.13. The predicted octanol–water partition coefficient (Wildman–Crippen LogP) is 0.477. The number of aryl methyl sites for hydroxylation is 1. The van der Waals surface area contributed by atoms with Gasteiger partial charge in [-0.05, 0) is 13.8 Å². The number of rotatable bonds is 7. The average molecular weight is 289 g/mol. The monoisotopic (exact) mass is 289 g/mol. The van der Waals surface area contributed by atoms with Gasteiger partial charge in [-0.3, -0.25) is 4.79 Å². The van der Waals surface area contributed by atoms with Crippen LogP contribution in [0.2, 0.25) is 0 Å². The van der Waals surface area contributed by atoms with Crippen molar-refractivity contribution < 1.29 is 17.9 Å². The normalized spacial score (nSPS) is 11.8. The van der Waals surface area contributed by atoms with Gasteiger partial charge in [0.15, 0.2) is 5.03 Å². The number of carbonyl (C=O) groups excluding carboxylic acids is 1. The Morgan fingerprint density at radius 2 is 2.11 bits per heavy atom. The van der Waals surface area contributed by atoms with Gasteiger partial charge in [-0.1, -0.05) is 6.92 Å². The SMILES string of the molecule is CCOC(=O)CN(CC)S(=O)(=O)c1cn(CC)cn1. The molecule has 1 aromatic heterocycles. The summed E-state index contributed by atoms with van der Waals surface area (Å²) >= 11 is 0. The molecule has 0 amide bonds. The molecule has 1 aromatic rings. The van der Waals surface area contributed by atoms with Gasteiger partial charge in [0, 0.05) is 19.3 Å². The molecule has 1 rings (SSSR count). The highest BCUT2D eigenvalue weighted by Gasteiger charge is 2.27. The van der Waals surface area contributed by atoms with Crippen molar-refractivity contribution in [3.8, 4) is 0 Å². The second-order valence-corrected chi connectivity index (χ2v) is 5.66. The van der Waals surface area contributed by atoms with Crippen molar-refractivity contribution in [3.05, 3.63) is 12.5 Å². The summed E-state index contributed by atoms with van der Waals surface area (Å²) in [6, 6.07) is 0. The zero-order valence-electron chi connectivity index (χ0n) is 11.4. The van der Waals surface area contributed by atoms with Crippen molar-refractivity contribution in [2.75, 3.05) is 19.7 Å². The lowest BCUT2D eigenvalue weighted by atomic mass is 10.6. The van der Waals surface area contributed by atoms with Crippen molar-refractivity contribution in [2.24, 2.45) is 0 Å². The molecular formula is C11H19N3O4S. The van der Waals surface area contributed by atoms with Gasteiger partial charge in [-0.25, -0.2) is 13.4 Å². The Kier molecular flexibility index (Phi) is 5.49. The van der Waals surface area contributed by atoms with Crippen LogP contribution in [-0.2, 0) is 26.1 Å². The van der Waals surface area contributed by atoms with Gasteiger partial charge in [0.05, 0.1) is 12.9 Å². The van der Waals surface area contributed by atoms with Gasteiger partial charge in [-0.15, -0.1) is 0 Å². The highest BCUT2D eigenvalue weighted by molar-refractivity contribution is 7.89. The molecule has 0 aromatic carbocycles. The Labute approximate surface area is 113 Å². The van der Waals surface area contributed by atoms with Crippen LogP contribution in [0, 0.1) is 0 Å². The van der Waals surface area contributed by atoms with E-state index in [-0.39, 0.29) is 24.7 Å². The number of ether oxygens (including phenoxy) is 1. The minimum Gasteiger partial charge on any atom is -0.465 e. The zero-order chi connectivity index (χ0) is 14.5. The summed E-state index contributed by atoms with van der Waals surface area (Å²) in [6.45, 7) is 5.95.